The van der Waals surface area contributed by atoms with E-state index < -0.39 is 11.8 Å². The van der Waals surface area contributed by atoms with E-state index in [1.165, 1.54) is 13.0 Å². The third kappa shape index (κ3) is 4.21. The Morgan fingerprint density at radius 3 is 2.71 bits per heavy atom. The van der Waals surface area contributed by atoms with Crippen molar-refractivity contribution in [3.63, 3.8) is 0 Å². The summed E-state index contributed by atoms with van der Waals surface area (Å²) in [5.74, 6) is -0.986. The lowest BCUT2D eigenvalue weighted by Crippen LogP contribution is -1.98. The number of aryl methyl sites for hydroxylation is 2. The number of rotatable bonds is 5. The third-order valence-electron chi connectivity index (χ3n) is 2.50. The van der Waals surface area contributed by atoms with E-state index in [4.69, 9.17) is 0 Å². The minimum atomic E-state index is -0.590. The predicted molar refractivity (Wildman–Crippen MR) is 66.0 cm³/mol. The Morgan fingerprint density at radius 1 is 1.41 bits per heavy atom. The average Bonchev–Trinajstić information content (AvgIpc) is 2.24. The first-order chi connectivity index (χ1) is 8.04. The van der Waals surface area contributed by atoms with Gasteiger partial charge in [0.1, 0.15) is 5.82 Å². The fourth-order valence-corrected chi connectivity index (χ4v) is 1.62. The standard InChI is InChI=1S/C13H18F2N2/c1-4-5-6-7-12-11(15)8-13(9(2)16-12)17-10(3)14/h8H,4-7H2,1-3H3/b17-10+. The lowest BCUT2D eigenvalue weighted by Gasteiger charge is -2.06. The second-order valence-corrected chi connectivity index (χ2v) is 4.09. The molecular weight excluding hydrogens is 222 g/mol. The largest absolute Gasteiger partial charge is 0.253 e. The van der Waals surface area contributed by atoms with Crippen LogP contribution < -0.4 is 0 Å². The molecule has 0 atom stereocenters. The number of aromatic nitrogens is 1. The van der Waals surface area contributed by atoms with Gasteiger partial charge in [-0.05, 0) is 19.8 Å². The van der Waals surface area contributed by atoms with E-state index >= 15 is 0 Å². The maximum absolute atomic E-state index is 13.7. The summed E-state index contributed by atoms with van der Waals surface area (Å²) in [6.45, 7) is 5.04. The zero-order valence-electron chi connectivity index (χ0n) is 10.6. The first-order valence-electron chi connectivity index (χ1n) is 5.91. The summed E-state index contributed by atoms with van der Waals surface area (Å²) < 4.78 is 26.3. The third-order valence-corrected chi connectivity index (χ3v) is 2.50. The molecule has 0 saturated heterocycles. The quantitative estimate of drug-likeness (QED) is 0.557. The highest BCUT2D eigenvalue weighted by molar-refractivity contribution is 5.75. The minimum Gasteiger partial charge on any atom is -0.253 e. The van der Waals surface area contributed by atoms with E-state index in [9.17, 15) is 8.78 Å². The molecule has 0 unspecified atom stereocenters. The number of nitrogens with zero attached hydrogens (tertiary/aromatic N) is 2. The van der Waals surface area contributed by atoms with Crippen LogP contribution in [-0.4, -0.2) is 10.9 Å². The Kier molecular flexibility index (Phi) is 5.19. The highest BCUT2D eigenvalue weighted by Crippen LogP contribution is 2.21. The number of unbranched alkanes of at least 4 members (excludes halogenated alkanes) is 2. The van der Waals surface area contributed by atoms with Crippen molar-refractivity contribution in [2.24, 2.45) is 4.99 Å². The van der Waals surface area contributed by atoms with Crippen molar-refractivity contribution >= 4 is 11.7 Å². The van der Waals surface area contributed by atoms with Gasteiger partial charge >= 0.3 is 0 Å². The van der Waals surface area contributed by atoms with Gasteiger partial charge in [-0.15, -0.1) is 0 Å². The lowest BCUT2D eigenvalue weighted by atomic mass is 10.1. The van der Waals surface area contributed by atoms with Crippen molar-refractivity contribution < 1.29 is 8.78 Å². The Morgan fingerprint density at radius 2 is 2.12 bits per heavy atom. The van der Waals surface area contributed by atoms with Crippen molar-refractivity contribution in [1.82, 2.24) is 4.98 Å². The van der Waals surface area contributed by atoms with E-state index in [2.05, 4.69) is 16.9 Å². The molecule has 0 bridgehead atoms. The molecule has 1 heterocycles. The van der Waals surface area contributed by atoms with Crippen LogP contribution in [0.3, 0.4) is 0 Å². The maximum atomic E-state index is 13.7. The molecule has 1 aromatic heterocycles. The Bertz CT molecular complexity index is 410. The summed E-state index contributed by atoms with van der Waals surface area (Å²) in [4.78, 5) is 7.75. The van der Waals surface area contributed by atoms with E-state index in [-0.39, 0.29) is 5.69 Å². The van der Waals surface area contributed by atoms with Gasteiger partial charge in [-0.2, -0.15) is 4.39 Å². The minimum absolute atomic E-state index is 0.266. The molecule has 0 aliphatic heterocycles. The van der Waals surface area contributed by atoms with Crippen LogP contribution in [0.15, 0.2) is 11.1 Å². The zero-order chi connectivity index (χ0) is 12.8. The fourth-order valence-electron chi connectivity index (χ4n) is 1.62. The highest BCUT2D eigenvalue weighted by Gasteiger charge is 2.08. The summed E-state index contributed by atoms with van der Waals surface area (Å²) in [6.07, 6.45) is 3.69. The van der Waals surface area contributed by atoms with Crippen LogP contribution in [0.4, 0.5) is 14.5 Å². The zero-order valence-corrected chi connectivity index (χ0v) is 10.6. The molecule has 4 heteroatoms. The van der Waals surface area contributed by atoms with E-state index in [1.54, 1.807) is 6.92 Å². The second-order valence-electron chi connectivity index (χ2n) is 4.09. The van der Waals surface area contributed by atoms with Crippen molar-refractivity contribution in [3.05, 3.63) is 23.3 Å². The molecule has 1 aromatic rings. The normalized spacial score (nSPS) is 11.9. The van der Waals surface area contributed by atoms with Gasteiger partial charge in [0.25, 0.3) is 0 Å². The van der Waals surface area contributed by atoms with Crippen LogP contribution in [0.1, 0.15) is 44.5 Å². The van der Waals surface area contributed by atoms with Crippen LogP contribution in [0.25, 0.3) is 0 Å². The van der Waals surface area contributed by atoms with Gasteiger partial charge in [0, 0.05) is 13.0 Å². The molecule has 17 heavy (non-hydrogen) atoms. The van der Waals surface area contributed by atoms with Gasteiger partial charge in [-0.3, -0.25) is 4.98 Å². The molecule has 0 aliphatic carbocycles. The lowest BCUT2D eigenvalue weighted by molar-refractivity contribution is 0.585. The highest BCUT2D eigenvalue weighted by atomic mass is 19.1. The average molecular weight is 240 g/mol. The molecule has 0 aromatic carbocycles. The van der Waals surface area contributed by atoms with Gasteiger partial charge in [0.2, 0.25) is 0 Å². The van der Waals surface area contributed by atoms with Gasteiger partial charge < -0.3 is 0 Å². The van der Waals surface area contributed by atoms with Crippen molar-refractivity contribution in [1.29, 1.82) is 0 Å². The van der Waals surface area contributed by atoms with E-state index in [0.717, 1.165) is 19.3 Å². The summed E-state index contributed by atoms with van der Waals surface area (Å²) in [7, 11) is 0. The van der Waals surface area contributed by atoms with Gasteiger partial charge in [-0.25, -0.2) is 9.38 Å². The van der Waals surface area contributed by atoms with E-state index in [1.807, 2.05) is 0 Å². The summed E-state index contributed by atoms with van der Waals surface area (Å²) in [6, 6.07) is 1.26. The van der Waals surface area contributed by atoms with Crippen molar-refractivity contribution in [2.75, 3.05) is 0 Å². The molecule has 0 fully saturated rings. The summed E-state index contributed by atoms with van der Waals surface area (Å²) in [5, 5.41) is 0. The molecule has 2 nitrogen and oxygen atoms in total. The van der Waals surface area contributed by atoms with Crippen LogP contribution in [0, 0.1) is 12.7 Å². The van der Waals surface area contributed by atoms with Gasteiger partial charge in [0.05, 0.1) is 17.1 Å². The van der Waals surface area contributed by atoms with Crippen LogP contribution >= 0.6 is 0 Å². The topological polar surface area (TPSA) is 25.2 Å². The molecular formula is C13H18F2N2. The number of aliphatic imine (C=N–C) groups is 1. The molecule has 0 saturated carbocycles. The fraction of sp³-hybridized carbons (Fsp3) is 0.538. The summed E-state index contributed by atoms with van der Waals surface area (Å²) >= 11 is 0. The van der Waals surface area contributed by atoms with Crippen molar-refractivity contribution in [2.45, 2.75) is 46.5 Å². The van der Waals surface area contributed by atoms with Crippen LogP contribution in [0.5, 0.6) is 0 Å². The van der Waals surface area contributed by atoms with Gasteiger partial charge in [-0.1, -0.05) is 19.8 Å². The predicted octanol–water partition coefficient (Wildman–Crippen LogP) is 4.28. The Labute approximate surface area is 101 Å². The number of pyridine rings is 1. The first-order valence-corrected chi connectivity index (χ1v) is 5.91. The molecule has 0 aliphatic rings. The first kappa shape index (κ1) is 13.7. The Hall–Kier alpha value is -1.32. The summed E-state index contributed by atoms with van der Waals surface area (Å²) in [5.41, 5.74) is 1.28. The second kappa shape index (κ2) is 6.42. The van der Waals surface area contributed by atoms with Crippen molar-refractivity contribution in [3.8, 4) is 0 Å². The van der Waals surface area contributed by atoms with Gasteiger partial charge in [0.15, 0.2) is 5.97 Å². The molecule has 94 valence electrons. The molecule has 1 rings (SSSR count). The molecule has 0 amide bonds. The molecule has 0 radical (unpaired) electrons. The number of hydrogen-bond donors (Lipinski definition) is 0. The van der Waals surface area contributed by atoms with Crippen LogP contribution in [-0.2, 0) is 6.42 Å². The Balaban J connectivity index is 2.89. The number of halogens is 2. The number of hydrogen-bond acceptors (Lipinski definition) is 2. The maximum Gasteiger partial charge on any atom is 0.186 e. The monoisotopic (exact) mass is 240 g/mol. The SMILES string of the molecule is CCCCCc1nc(C)c(/N=C(\C)F)cc1F. The smallest absolute Gasteiger partial charge is 0.186 e. The molecule has 0 spiro atoms. The van der Waals surface area contributed by atoms with Crippen LogP contribution in [0.2, 0.25) is 0 Å². The molecule has 0 N–H and O–H groups in total. The van der Waals surface area contributed by atoms with E-state index in [0.29, 0.717) is 17.8 Å².